The lowest BCUT2D eigenvalue weighted by Crippen LogP contribution is -2.17. The summed E-state index contributed by atoms with van der Waals surface area (Å²) in [6.07, 6.45) is 0. The summed E-state index contributed by atoms with van der Waals surface area (Å²) in [5.41, 5.74) is 6.35. The van der Waals surface area contributed by atoms with Crippen molar-refractivity contribution >= 4 is 51.7 Å². The van der Waals surface area contributed by atoms with Crippen molar-refractivity contribution in [2.45, 2.75) is 6.92 Å². The fourth-order valence-corrected chi connectivity index (χ4v) is 1.91. The maximum Gasteiger partial charge on any atom is 0.234 e. The summed E-state index contributed by atoms with van der Waals surface area (Å²) in [6.45, 7) is 1.82. The lowest BCUT2D eigenvalue weighted by Gasteiger charge is -2.10. The number of amides is 1. The fraction of sp³-hybridized carbons (Fsp3) is 0.200. The summed E-state index contributed by atoms with van der Waals surface area (Å²) in [4.78, 5) is 11.5. The van der Waals surface area contributed by atoms with Crippen molar-refractivity contribution in [1.29, 1.82) is 5.41 Å². The maximum absolute atomic E-state index is 11.5. The number of anilines is 1. The second-order valence-corrected chi connectivity index (χ2v) is 5.06. The highest BCUT2D eigenvalue weighted by molar-refractivity contribution is 8.14. The Labute approximate surface area is 113 Å². The van der Waals surface area contributed by atoms with Gasteiger partial charge in [-0.1, -0.05) is 41.0 Å². The van der Waals surface area contributed by atoms with Crippen molar-refractivity contribution in [2.24, 2.45) is 5.73 Å². The second-order valence-electron chi connectivity index (χ2n) is 3.25. The largest absolute Gasteiger partial charge is 0.379 e. The smallest absolute Gasteiger partial charge is 0.234 e. The summed E-state index contributed by atoms with van der Waals surface area (Å²) in [7, 11) is 0. The quantitative estimate of drug-likeness (QED) is 0.592. The molecule has 7 heteroatoms. The average molecular weight is 292 g/mol. The van der Waals surface area contributed by atoms with E-state index < -0.39 is 0 Å². The van der Waals surface area contributed by atoms with E-state index in [-0.39, 0.29) is 16.8 Å². The minimum absolute atomic E-state index is 0.0515. The molecule has 4 nitrogen and oxygen atoms in total. The first-order valence-electron chi connectivity index (χ1n) is 4.63. The van der Waals surface area contributed by atoms with Crippen LogP contribution in [0.5, 0.6) is 0 Å². The molecule has 0 atom stereocenters. The summed E-state index contributed by atoms with van der Waals surface area (Å²) in [6, 6.07) is 3.43. The highest BCUT2D eigenvalue weighted by atomic mass is 35.5. The Morgan fingerprint density at radius 1 is 1.53 bits per heavy atom. The number of carbonyl (C=O) groups excluding carboxylic acids is 1. The zero-order valence-corrected chi connectivity index (χ0v) is 11.3. The molecule has 0 spiro atoms. The van der Waals surface area contributed by atoms with Gasteiger partial charge in [0, 0.05) is 0 Å². The van der Waals surface area contributed by atoms with Gasteiger partial charge in [-0.15, -0.1) is 0 Å². The van der Waals surface area contributed by atoms with Crippen LogP contribution in [0.15, 0.2) is 12.1 Å². The van der Waals surface area contributed by atoms with E-state index in [0.717, 1.165) is 17.3 Å². The van der Waals surface area contributed by atoms with Crippen LogP contribution >= 0.6 is 35.0 Å². The molecule has 0 unspecified atom stereocenters. The first kappa shape index (κ1) is 14.2. The number of hydrogen-bond acceptors (Lipinski definition) is 3. The topological polar surface area (TPSA) is 79.0 Å². The Morgan fingerprint density at radius 2 is 2.18 bits per heavy atom. The molecule has 0 heterocycles. The van der Waals surface area contributed by atoms with Crippen molar-refractivity contribution in [2.75, 3.05) is 11.1 Å². The molecule has 1 rings (SSSR count). The van der Waals surface area contributed by atoms with Gasteiger partial charge in [0.05, 0.1) is 21.5 Å². The van der Waals surface area contributed by atoms with Crippen molar-refractivity contribution in [3.63, 3.8) is 0 Å². The number of hydrogen-bond donors (Lipinski definition) is 3. The number of nitrogens with two attached hydrogens (primary N) is 1. The molecule has 0 aromatic heterocycles. The third kappa shape index (κ3) is 4.11. The third-order valence-electron chi connectivity index (χ3n) is 1.91. The van der Waals surface area contributed by atoms with E-state index in [4.69, 9.17) is 34.3 Å². The number of aryl methyl sites for hydroxylation is 1. The molecule has 0 aliphatic rings. The number of benzene rings is 1. The predicted molar refractivity (Wildman–Crippen MR) is 74.2 cm³/mol. The van der Waals surface area contributed by atoms with Gasteiger partial charge in [0.25, 0.3) is 0 Å². The SMILES string of the molecule is Cc1ccc(Cl)c(NC(=O)CSC(=N)N)c1Cl. The van der Waals surface area contributed by atoms with Crippen molar-refractivity contribution in [1.82, 2.24) is 0 Å². The van der Waals surface area contributed by atoms with Gasteiger partial charge in [0.2, 0.25) is 5.91 Å². The van der Waals surface area contributed by atoms with Gasteiger partial charge in [0.1, 0.15) is 0 Å². The maximum atomic E-state index is 11.5. The van der Waals surface area contributed by atoms with Gasteiger partial charge in [-0.05, 0) is 18.6 Å². The number of nitrogens with one attached hydrogen (secondary N) is 2. The van der Waals surface area contributed by atoms with Crippen LogP contribution in [0.2, 0.25) is 10.0 Å². The fourth-order valence-electron chi connectivity index (χ4n) is 1.09. The van der Waals surface area contributed by atoms with Crippen LogP contribution in [0, 0.1) is 12.3 Å². The van der Waals surface area contributed by atoms with E-state index in [0.29, 0.717) is 15.7 Å². The number of halogens is 2. The molecule has 0 aliphatic carbocycles. The van der Waals surface area contributed by atoms with Crippen LogP contribution in [0.25, 0.3) is 0 Å². The molecule has 1 aromatic rings. The van der Waals surface area contributed by atoms with Crippen molar-refractivity contribution in [3.8, 4) is 0 Å². The molecule has 0 bridgehead atoms. The molecular weight excluding hydrogens is 281 g/mol. The highest BCUT2D eigenvalue weighted by Gasteiger charge is 2.12. The monoisotopic (exact) mass is 291 g/mol. The van der Waals surface area contributed by atoms with Gasteiger partial charge < -0.3 is 11.1 Å². The van der Waals surface area contributed by atoms with Crippen molar-refractivity contribution < 1.29 is 4.79 Å². The normalized spacial score (nSPS) is 10.1. The van der Waals surface area contributed by atoms with Gasteiger partial charge in [-0.25, -0.2) is 0 Å². The van der Waals surface area contributed by atoms with E-state index in [1.54, 1.807) is 12.1 Å². The molecular formula is C10H11Cl2N3OS. The van der Waals surface area contributed by atoms with E-state index in [1.807, 2.05) is 6.92 Å². The zero-order valence-electron chi connectivity index (χ0n) is 9.01. The molecule has 17 heavy (non-hydrogen) atoms. The first-order valence-corrected chi connectivity index (χ1v) is 6.37. The molecule has 1 aromatic carbocycles. The molecule has 0 aliphatic heterocycles. The van der Waals surface area contributed by atoms with Crippen LogP contribution in [0.4, 0.5) is 5.69 Å². The van der Waals surface area contributed by atoms with Crippen LogP contribution in [0.3, 0.4) is 0 Å². The van der Waals surface area contributed by atoms with Gasteiger partial charge in [-0.3, -0.25) is 10.2 Å². The number of carbonyl (C=O) groups is 1. The Hall–Kier alpha value is -0.910. The molecule has 0 saturated carbocycles. The van der Waals surface area contributed by atoms with Crippen LogP contribution in [-0.2, 0) is 4.79 Å². The Kier molecular flexibility index (Phi) is 5.11. The first-order chi connectivity index (χ1) is 7.91. The molecule has 4 N–H and O–H groups in total. The minimum Gasteiger partial charge on any atom is -0.379 e. The zero-order chi connectivity index (χ0) is 13.0. The van der Waals surface area contributed by atoms with Crippen LogP contribution < -0.4 is 11.1 Å². The summed E-state index contributed by atoms with van der Waals surface area (Å²) in [5, 5.41) is 10.3. The summed E-state index contributed by atoms with van der Waals surface area (Å²) < 4.78 is 0. The van der Waals surface area contributed by atoms with E-state index in [9.17, 15) is 4.79 Å². The Bertz CT molecular complexity index is 465. The summed E-state index contributed by atoms with van der Waals surface area (Å²) >= 11 is 12.9. The standard InChI is InChI=1S/C10H11Cl2N3OS/c1-5-2-3-6(11)9(8(5)12)15-7(16)4-17-10(13)14/h2-3H,4H2,1H3,(H3,13,14)(H,15,16). The lowest BCUT2D eigenvalue weighted by atomic mass is 10.2. The highest BCUT2D eigenvalue weighted by Crippen LogP contribution is 2.32. The van der Waals surface area contributed by atoms with Crippen molar-refractivity contribution in [3.05, 3.63) is 27.7 Å². The predicted octanol–water partition coefficient (Wildman–Crippen LogP) is 2.87. The Balaban J connectivity index is 2.78. The van der Waals surface area contributed by atoms with Gasteiger partial charge in [0.15, 0.2) is 5.17 Å². The molecule has 92 valence electrons. The number of amidine groups is 1. The minimum atomic E-state index is -0.306. The summed E-state index contributed by atoms with van der Waals surface area (Å²) in [5.74, 6) is -0.254. The Morgan fingerprint density at radius 3 is 2.76 bits per heavy atom. The lowest BCUT2D eigenvalue weighted by molar-refractivity contribution is -0.113. The molecule has 0 radical (unpaired) electrons. The van der Waals surface area contributed by atoms with E-state index >= 15 is 0 Å². The van der Waals surface area contributed by atoms with Crippen LogP contribution in [0.1, 0.15) is 5.56 Å². The molecule has 0 fully saturated rings. The third-order valence-corrected chi connectivity index (χ3v) is 3.43. The van der Waals surface area contributed by atoms with Gasteiger partial charge >= 0.3 is 0 Å². The number of rotatable bonds is 3. The van der Waals surface area contributed by atoms with E-state index in [2.05, 4.69) is 5.32 Å². The molecule has 0 saturated heterocycles. The number of thioether (sulfide) groups is 1. The molecule has 1 amide bonds. The average Bonchev–Trinajstić information content (AvgIpc) is 2.27. The van der Waals surface area contributed by atoms with E-state index in [1.165, 1.54) is 0 Å². The van der Waals surface area contributed by atoms with Gasteiger partial charge in [-0.2, -0.15) is 0 Å². The second kappa shape index (κ2) is 6.14. The van der Waals surface area contributed by atoms with Crippen LogP contribution in [-0.4, -0.2) is 16.8 Å².